The molecule has 2 aromatic heterocycles. The molecule has 1 N–H and O–H groups in total. The van der Waals surface area contributed by atoms with E-state index in [1.54, 1.807) is 0 Å². The second kappa shape index (κ2) is 5.77. The van der Waals surface area contributed by atoms with Gasteiger partial charge in [0.2, 0.25) is 0 Å². The molecule has 1 aliphatic heterocycles. The summed E-state index contributed by atoms with van der Waals surface area (Å²) in [6, 6.07) is -0.0958. The van der Waals surface area contributed by atoms with Gasteiger partial charge in [-0.3, -0.25) is 9.55 Å². The van der Waals surface area contributed by atoms with E-state index in [1.165, 1.54) is 6.20 Å². The molecule has 0 aromatic carbocycles. The molecule has 1 atom stereocenters. The zero-order valence-electron chi connectivity index (χ0n) is 12.3. The Hall–Kier alpha value is -2.65. The average Bonchev–Trinajstić information content (AvgIpc) is 2.83. The predicted octanol–water partition coefficient (Wildman–Crippen LogP) is 1.47. The van der Waals surface area contributed by atoms with Gasteiger partial charge in [-0.1, -0.05) is 0 Å². The van der Waals surface area contributed by atoms with Gasteiger partial charge in [-0.2, -0.15) is 18.3 Å². The number of aliphatic carboxylic acids is 1. The molecule has 128 valence electrons. The molecule has 0 spiro atoms. The van der Waals surface area contributed by atoms with Crippen molar-refractivity contribution >= 4 is 5.97 Å². The minimum atomic E-state index is -4.53. The lowest BCUT2D eigenvalue weighted by Gasteiger charge is -2.19. The summed E-state index contributed by atoms with van der Waals surface area (Å²) in [5, 5.41) is 13.3. The van der Waals surface area contributed by atoms with Crippen LogP contribution in [0.15, 0.2) is 23.3 Å². The topological polar surface area (TPSA) is 90.0 Å². The van der Waals surface area contributed by atoms with Crippen molar-refractivity contribution in [3.63, 3.8) is 0 Å². The summed E-state index contributed by atoms with van der Waals surface area (Å²) in [7, 11) is 0. The normalized spacial score (nSPS) is 17.5. The number of hydrogen-bond donors (Lipinski definition) is 1. The van der Waals surface area contributed by atoms with Crippen LogP contribution in [0.1, 0.15) is 35.8 Å². The Balaban J connectivity index is 1.95. The van der Waals surface area contributed by atoms with Crippen LogP contribution in [-0.2, 0) is 23.9 Å². The second-order valence-electron chi connectivity index (χ2n) is 5.55. The van der Waals surface area contributed by atoms with E-state index in [0.29, 0.717) is 31.3 Å². The molecule has 3 heterocycles. The fourth-order valence-corrected chi connectivity index (χ4v) is 2.77. The molecule has 10 heteroatoms. The SMILES string of the molecule is O=C(O)C1CCCc2nn(Cc3cncc(C(F)(F)F)c3)c(=O)n21. The first-order valence-corrected chi connectivity index (χ1v) is 7.19. The van der Waals surface area contributed by atoms with Crippen molar-refractivity contribution in [2.45, 2.75) is 38.0 Å². The highest BCUT2D eigenvalue weighted by atomic mass is 19.4. The first-order valence-electron chi connectivity index (χ1n) is 7.19. The Morgan fingerprint density at radius 2 is 2.12 bits per heavy atom. The quantitative estimate of drug-likeness (QED) is 0.912. The largest absolute Gasteiger partial charge is 0.480 e. The number of nitrogens with zero attached hydrogens (tertiary/aromatic N) is 4. The summed E-state index contributed by atoms with van der Waals surface area (Å²) in [6.07, 6.45) is -1.26. The van der Waals surface area contributed by atoms with Gasteiger partial charge in [-0.05, 0) is 24.5 Å². The number of rotatable bonds is 3. The third-order valence-corrected chi connectivity index (χ3v) is 3.87. The molecule has 24 heavy (non-hydrogen) atoms. The van der Waals surface area contributed by atoms with Crippen LogP contribution in [0.25, 0.3) is 0 Å². The van der Waals surface area contributed by atoms with Gasteiger partial charge in [0.15, 0.2) is 0 Å². The summed E-state index contributed by atoms with van der Waals surface area (Å²) >= 11 is 0. The maximum atomic E-state index is 12.7. The van der Waals surface area contributed by atoms with E-state index in [1.807, 2.05) is 0 Å². The van der Waals surface area contributed by atoms with Crippen LogP contribution in [0.2, 0.25) is 0 Å². The molecule has 7 nitrogen and oxygen atoms in total. The van der Waals surface area contributed by atoms with Gasteiger partial charge in [0.1, 0.15) is 11.9 Å². The molecule has 1 aliphatic rings. The van der Waals surface area contributed by atoms with E-state index in [9.17, 15) is 27.9 Å². The summed E-state index contributed by atoms with van der Waals surface area (Å²) in [6.45, 7) is -0.206. The summed E-state index contributed by atoms with van der Waals surface area (Å²) in [5.41, 5.74) is -1.40. The van der Waals surface area contributed by atoms with Crippen molar-refractivity contribution in [3.05, 3.63) is 45.9 Å². The van der Waals surface area contributed by atoms with E-state index in [0.717, 1.165) is 15.3 Å². The Kier molecular flexibility index (Phi) is 3.90. The van der Waals surface area contributed by atoms with Crippen molar-refractivity contribution in [2.75, 3.05) is 0 Å². The van der Waals surface area contributed by atoms with Crippen LogP contribution >= 0.6 is 0 Å². The summed E-state index contributed by atoms with van der Waals surface area (Å²) in [5.74, 6) is -0.795. The Morgan fingerprint density at radius 1 is 1.38 bits per heavy atom. The third kappa shape index (κ3) is 2.91. The highest BCUT2D eigenvalue weighted by molar-refractivity contribution is 5.72. The predicted molar refractivity (Wildman–Crippen MR) is 74.4 cm³/mol. The van der Waals surface area contributed by atoms with E-state index in [4.69, 9.17) is 0 Å². The zero-order valence-corrected chi connectivity index (χ0v) is 12.3. The zero-order chi connectivity index (χ0) is 17.5. The smallest absolute Gasteiger partial charge is 0.417 e. The van der Waals surface area contributed by atoms with Gasteiger partial charge in [0.25, 0.3) is 0 Å². The van der Waals surface area contributed by atoms with Crippen LogP contribution < -0.4 is 5.69 Å². The first kappa shape index (κ1) is 16.2. The molecule has 0 bridgehead atoms. The lowest BCUT2D eigenvalue weighted by molar-refractivity contribution is -0.141. The Bertz CT molecular complexity index is 841. The molecular weight excluding hydrogens is 329 g/mol. The molecule has 0 saturated heterocycles. The van der Waals surface area contributed by atoms with E-state index >= 15 is 0 Å². The number of aromatic nitrogens is 4. The molecule has 0 radical (unpaired) electrons. The van der Waals surface area contributed by atoms with Crippen LogP contribution in [0, 0.1) is 0 Å². The van der Waals surface area contributed by atoms with Crippen LogP contribution in [0.4, 0.5) is 13.2 Å². The van der Waals surface area contributed by atoms with Gasteiger partial charge < -0.3 is 5.11 Å². The monoisotopic (exact) mass is 342 g/mol. The maximum Gasteiger partial charge on any atom is 0.417 e. The van der Waals surface area contributed by atoms with E-state index < -0.39 is 29.4 Å². The molecule has 0 amide bonds. The highest BCUT2D eigenvalue weighted by Gasteiger charge is 2.32. The Labute approximate surface area is 133 Å². The average molecular weight is 342 g/mol. The standard InChI is InChI=1S/C14H13F3N4O3/c15-14(16,17)9-4-8(5-18-6-9)7-20-13(24)21-10(12(22)23)2-1-3-11(21)19-20/h4-6,10H,1-3,7H2,(H,22,23). The fourth-order valence-electron chi connectivity index (χ4n) is 2.77. The van der Waals surface area contributed by atoms with Gasteiger partial charge in [-0.25, -0.2) is 14.3 Å². The fraction of sp³-hybridized carbons (Fsp3) is 0.429. The lowest BCUT2D eigenvalue weighted by atomic mass is 10.1. The van der Waals surface area contributed by atoms with Crippen LogP contribution in [0.3, 0.4) is 0 Å². The number of carboxylic acids is 1. The van der Waals surface area contributed by atoms with Crippen molar-refractivity contribution in [3.8, 4) is 0 Å². The molecule has 2 aromatic rings. The Morgan fingerprint density at radius 3 is 2.79 bits per heavy atom. The number of carboxylic acid groups (broad SMARTS) is 1. The maximum absolute atomic E-state index is 12.7. The van der Waals surface area contributed by atoms with Crippen molar-refractivity contribution in [2.24, 2.45) is 0 Å². The van der Waals surface area contributed by atoms with E-state index in [2.05, 4.69) is 10.1 Å². The summed E-state index contributed by atoms with van der Waals surface area (Å²) in [4.78, 5) is 27.2. The van der Waals surface area contributed by atoms with Gasteiger partial charge >= 0.3 is 17.8 Å². The van der Waals surface area contributed by atoms with Crippen LogP contribution in [-0.4, -0.2) is 30.4 Å². The molecular formula is C14H13F3N4O3. The molecule has 1 unspecified atom stereocenters. The molecule has 0 saturated carbocycles. The number of halogens is 3. The number of carbonyl (C=O) groups is 1. The number of hydrogen-bond acceptors (Lipinski definition) is 4. The molecule has 0 fully saturated rings. The molecule has 0 aliphatic carbocycles. The van der Waals surface area contributed by atoms with E-state index in [-0.39, 0.29) is 12.1 Å². The number of aryl methyl sites for hydroxylation is 1. The highest BCUT2D eigenvalue weighted by Crippen LogP contribution is 2.29. The van der Waals surface area contributed by atoms with Crippen molar-refractivity contribution < 1.29 is 23.1 Å². The minimum absolute atomic E-state index is 0.161. The molecule has 3 rings (SSSR count). The van der Waals surface area contributed by atoms with Crippen molar-refractivity contribution in [1.29, 1.82) is 0 Å². The minimum Gasteiger partial charge on any atom is -0.480 e. The number of alkyl halides is 3. The van der Waals surface area contributed by atoms with Gasteiger partial charge in [0, 0.05) is 18.8 Å². The second-order valence-corrected chi connectivity index (χ2v) is 5.55. The first-order chi connectivity index (χ1) is 11.3. The van der Waals surface area contributed by atoms with Gasteiger partial charge in [0.05, 0.1) is 12.1 Å². The third-order valence-electron chi connectivity index (χ3n) is 3.87. The van der Waals surface area contributed by atoms with Crippen LogP contribution in [0.5, 0.6) is 0 Å². The number of pyridine rings is 1. The lowest BCUT2D eigenvalue weighted by Crippen LogP contribution is -2.34. The van der Waals surface area contributed by atoms with Gasteiger partial charge in [-0.15, -0.1) is 0 Å². The van der Waals surface area contributed by atoms with Crippen molar-refractivity contribution in [1.82, 2.24) is 19.3 Å². The summed E-state index contributed by atoms with van der Waals surface area (Å²) < 4.78 is 40.2. The number of fused-ring (bicyclic) bond motifs is 1.